The standard InChI is InChI=1S/C14H13NO3/c1-4-12-14(17-8-7-16-12)13(5-1)18-10-11-3-2-6-15-9-11/h1-6,9H,7-8,10H2. The van der Waals surface area contributed by atoms with Crippen LogP contribution in [0.15, 0.2) is 42.7 Å². The van der Waals surface area contributed by atoms with Crippen molar-refractivity contribution in [2.45, 2.75) is 6.61 Å². The van der Waals surface area contributed by atoms with Crippen molar-refractivity contribution in [1.82, 2.24) is 4.98 Å². The van der Waals surface area contributed by atoms with Crippen molar-refractivity contribution in [3.63, 3.8) is 0 Å². The lowest BCUT2D eigenvalue weighted by Gasteiger charge is -2.20. The topological polar surface area (TPSA) is 40.6 Å². The summed E-state index contributed by atoms with van der Waals surface area (Å²) in [5.74, 6) is 2.13. The van der Waals surface area contributed by atoms with Gasteiger partial charge in [0.1, 0.15) is 19.8 Å². The number of nitrogens with zero attached hydrogens (tertiary/aromatic N) is 1. The van der Waals surface area contributed by atoms with Crippen molar-refractivity contribution < 1.29 is 14.2 Å². The molecule has 18 heavy (non-hydrogen) atoms. The molecule has 0 fully saturated rings. The van der Waals surface area contributed by atoms with Crippen LogP contribution < -0.4 is 14.2 Å². The Morgan fingerprint density at radius 3 is 2.94 bits per heavy atom. The number of aromatic nitrogens is 1. The summed E-state index contributed by atoms with van der Waals surface area (Å²) < 4.78 is 16.8. The smallest absolute Gasteiger partial charge is 0.203 e. The van der Waals surface area contributed by atoms with E-state index in [0.717, 1.165) is 11.3 Å². The molecule has 4 nitrogen and oxygen atoms in total. The van der Waals surface area contributed by atoms with Crippen LogP contribution in [0.4, 0.5) is 0 Å². The highest BCUT2D eigenvalue weighted by Crippen LogP contribution is 2.39. The number of fused-ring (bicyclic) bond motifs is 1. The second kappa shape index (κ2) is 4.96. The summed E-state index contributed by atoms with van der Waals surface area (Å²) in [6.07, 6.45) is 3.53. The van der Waals surface area contributed by atoms with Crippen molar-refractivity contribution in [3.05, 3.63) is 48.3 Å². The highest BCUT2D eigenvalue weighted by molar-refractivity contribution is 5.51. The van der Waals surface area contributed by atoms with Crippen LogP contribution in [0.3, 0.4) is 0 Å². The fraction of sp³-hybridized carbons (Fsp3) is 0.214. The van der Waals surface area contributed by atoms with Gasteiger partial charge < -0.3 is 14.2 Å². The van der Waals surface area contributed by atoms with E-state index in [9.17, 15) is 0 Å². The van der Waals surface area contributed by atoms with Gasteiger partial charge in [-0.25, -0.2) is 0 Å². The number of ether oxygens (including phenoxy) is 3. The fourth-order valence-electron chi connectivity index (χ4n) is 1.81. The molecule has 92 valence electrons. The molecule has 0 N–H and O–H groups in total. The molecule has 2 aromatic rings. The molecule has 3 rings (SSSR count). The number of para-hydroxylation sites is 1. The largest absolute Gasteiger partial charge is 0.486 e. The molecule has 0 atom stereocenters. The second-order valence-electron chi connectivity index (χ2n) is 3.93. The van der Waals surface area contributed by atoms with Gasteiger partial charge in [0.2, 0.25) is 5.75 Å². The van der Waals surface area contributed by atoms with Gasteiger partial charge >= 0.3 is 0 Å². The zero-order chi connectivity index (χ0) is 12.2. The maximum atomic E-state index is 5.75. The van der Waals surface area contributed by atoms with E-state index in [-0.39, 0.29) is 0 Å². The third-order valence-corrected chi connectivity index (χ3v) is 2.65. The van der Waals surface area contributed by atoms with Crippen molar-refractivity contribution in [2.75, 3.05) is 13.2 Å². The van der Waals surface area contributed by atoms with Crippen LogP contribution in [0.1, 0.15) is 5.56 Å². The van der Waals surface area contributed by atoms with Gasteiger partial charge in [-0.15, -0.1) is 0 Å². The third kappa shape index (κ3) is 2.22. The van der Waals surface area contributed by atoms with Crippen molar-refractivity contribution >= 4 is 0 Å². The van der Waals surface area contributed by atoms with Gasteiger partial charge in [0.25, 0.3) is 0 Å². The van der Waals surface area contributed by atoms with Crippen molar-refractivity contribution in [2.24, 2.45) is 0 Å². The van der Waals surface area contributed by atoms with Gasteiger partial charge in [-0.3, -0.25) is 4.98 Å². The van der Waals surface area contributed by atoms with Crippen LogP contribution in [0.25, 0.3) is 0 Å². The van der Waals surface area contributed by atoms with Crippen LogP contribution in [0, 0.1) is 0 Å². The normalized spacial score (nSPS) is 13.1. The molecule has 0 unspecified atom stereocenters. The molecule has 0 saturated carbocycles. The second-order valence-corrected chi connectivity index (χ2v) is 3.93. The Morgan fingerprint density at radius 1 is 1.11 bits per heavy atom. The van der Waals surface area contributed by atoms with E-state index < -0.39 is 0 Å². The van der Waals surface area contributed by atoms with Crippen LogP contribution in [-0.2, 0) is 6.61 Å². The van der Waals surface area contributed by atoms with E-state index in [4.69, 9.17) is 14.2 Å². The summed E-state index contributed by atoms with van der Waals surface area (Å²) in [4.78, 5) is 4.05. The number of hydrogen-bond donors (Lipinski definition) is 0. The first kappa shape index (κ1) is 10.9. The van der Waals surface area contributed by atoms with Crippen LogP contribution in [0.5, 0.6) is 17.2 Å². The predicted octanol–water partition coefficient (Wildman–Crippen LogP) is 2.43. The Kier molecular flexibility index (Phi) is 3.00. The third-order valence-electron chi connectivity index (χ3n) is 2.65. The Morgan fingerprint density at radius 2 is 2.06 bits per heavy atom. The highest BCUT2D eigenvalue weighted by Gasteiger charge is 2.16. The van der Waals surface area contributed by atoms with E-state index in [1.54, 1.807) is 12.4 Å². The first-order valence-corrected chi connectivity index (χ1v) is 5.84. The van der Waals surface area contributed by atoms with Gasteiger partial charge in [-0.1, -0.05) is 12.1 Å². The van der Waals surface area contributed by atoms with Gasteiger partial charge in [0.05, 0.1) is 0 Å². The number of pyridine rings is 1. The Labute approximate surface area is 105 Å². The molecule has 1 aliphatic rings. The average Bonchev–Trinajstić information content (AvgIpc) is 2.46. The molecule has 0 amide bonds. The van der Waals surface area contributed by atoms with Gasteiger partial charge in [0.15, 0.2) is 11.5 Å². The van der Waals surface area contributed by atoms with Gasteiger partial charge in [-0.2, -0.15) is 0 Å². The zero-order valence-corrected chi connectivity index (χ0v) is 9.83. The molecular weight excluding hydrogens is 230 g/mol. The quantitative estimate of drug-likeness (QED) is 0.830. The molecule has 1 aliphatic heterocycles. The Balaban J connectivity index is 1.77. The molecule has 0 spiro atoms. The minimum Gasteiger partial charge on any atom is -0.486 e. The zero-order valence-electron chi connectivity index (χ0n) is 9.83. The lowest BCUT2D eigenvalue weighted by atomic mass is 10.2. The summed E-state index contributed by atoms with van der Waals surface area (Å²) in [5, 5.41) is 0. The van der Waals surface area contributed by atoms with Crippen LogP contribution in [-0.4, -0.2) is 18.2 Å². The average molecular weight is 243 g/mol. The SMILES string of the molecule is c1cncc(COc2cccc3c2OCCO3)c1. The summed E-state index contributed by atoms with van der Waals surface area (Å²) >= 11 is 0. The summed E-state index contributed by atoms with van der Waals surface area (Å²) in [5.41, 5.74) is 1.02. The lowest BCUT2D eigenvalue weighted by molar-refractivity contribution is 0.161. The summed E-state index contributed by atoms with van der Waals surface area (Å²) in [6.45, 7) is 1.60. The number of hydrogen-bond acceptors (Lipinski definition) is 4. The molecule has 0 saturated heterocycles. The predicted molar refractivity (Wildman–Crippen MR) is 66.0 cm³/mol. The first-order valence-electron chi connectivity index (χ1n) is 5.84. The van der Waals surface area contributed by atoms with Gasteiger partial charge in [0, 0.05) is 18.0 Å². The number of benzene rings is 1. The van der Waals surface area contributed by atoms with E-state index >= 15 is 0 Å². The molecule has 0 aliphatic carbocycles. The number of rotatable bonds is 3. The van der Waals surface area contributed by atoms with E-state index in [1.807, 2.05) is 30.3 Å². The van der Waals surface area contributed by atoms with E-state index in [0.29, 0.717) is 31.3 Å². The summed E-state index contributed by atoms with van der Waals surface area (Å²) in [6, 6.07) is 9.51. The van der Waals surface area contributed by atoms with E-state index in [1.165, 1.54) is 0 Å². The molecule has 4 heteroatoms. The van der Waals surface area contributed by atoms with Crippen LogP contribution in [0.2, 0.25) is 0 Å². The minimum absolute atomic E-state index is 0.466. The minimum atomic E-state index is 0.466. The van der Waals surface area contributed by atoms with Crippen molar-refractivity contribution in [1.29, 1.82) is 0 Å². The molecule has 0 bridgehead atoms. The fourth-order valence-corrected chi connectivity index (χ4v) is 1.81. The maximum absolute atomic E-state index is 5.75. The molecular formula is C14H13NO3. The van der Waals surface area contributed by atoms with Gasteiger partial charge in [-0.05, 0) is 18.2 Å². The first-order chi connectivity index (χ1) is 8.93. The Bertz CT molecular complexity index is 528. The maximum Gasteiger partial charge on any atom is 0.203 e. The van der Waals surface area contributed by atoms with Crippen molar-refractivity contribution in [3.8, 4) is 17.2 Å². The molecule has 2 heterocycles. The molecule has 1 aromatic carbocycles. The summed E-state index contributed by atoms with van der Waals surface area (Å²) in [7, 11) is 0. The van der Waals surface area contributed by atoms with E-state index in [2.05, 4.69) is 4.98 Å². The highest BCUT2D eigenvalue weighted by atomic mass is 16.6. The van der Waals surface area contributed by atoms with Crippen LogP contribution >= 0.6 is 0 Å². The monoisotopic (exact) mass is 243 g/mol. The molecule has 1 aromatic heterocycles. The Hall–Kier alpha value is -2.23. The lowest BCUT2D eigenvalue weighted by Crippen LogP contribution is -2.16. The molecule has 0 radical (unpaired) electrons.